The van der Waals surface area contributed by atoms with Gasteiger partial charge in [0.1, 0.15) is 11.5 Å². The first-order valence-electron chi connectivity index (χ1n) is 15.3. The van der Waals surface area contributed by atoms with Crippen LogP contribution in [0.15, 0.2) is 66.7 Å². The molecule has 0 aromatic heterocycles. The van der Waals surface area contributed by atoms with Gasteiger partial charge in [-0.25, -0.2) is 4.90 Å². The highest BCUT2D eigenvalue weighted by molar-refractivity contribution is 6.30. The van der Waals surface area contributed by atoms with Crippen molar-refractivity contribution in [3.05, 3.63) is 93.5 Å². The maximum atomic E-state index is 12.4. The van der Waals surface area contributed by atoms with E-state index in [0.717, 1.165) is 16.7 Å². The Morgan fingerprint density at radius 2 is 1.29 bits per heavy atom. The third-order valence-corrected chi connectivity index (χ3v) is 8.84. The van der Waals surface area contributed by atoms with E-state index in [1.807, 2.05) is 104 Å². The van der Waals surface area contributed by atoms with Gasteiger partial charge in [0, 0.05) is 59.9 Å². The maximum absolute atomic E-state index is 12.4. The number of benzene rings is 3. The molecule has 0 amide bonds. The molecule has 3 unspecified atom stereocenters. The Labute approximate surface area is 277 Å². The highest BCUT2D eigenvalue weighted by Gasteiger charge is 2.40. The average Bonchev–Trinajstić information content (AvgIpc) is 3.03. The minimum absolute atomic E-state index is 0.0824. The van der Waals surface area contributed by atoms with Gasteiger partial charge in [-0.3, -0.25) is 14.7 Å². The molecular formula is C34H47Cl2N5O4. The second-order valence-electron chi connectivity index (χ2n) is 12.0. The summed E-state index contributed by atoms with van der Waals surface area (Å²) in [5.41, 5.74) is 9.81. The van der Waals surface area contributed by atoms with Crippen LogP contribution >= 0.6 is 23.2 Å². The molecule has 11 heteroatoms. The van der Waals surface area contributed by atoms with Crippen molar-refractivity contribution in [2.24, 2.45) is 5.73 Å². The van der Waals surface area contributed by atoms with Crippen LogP contribution in [0, 0.1) is 0 Å². The molecule has 1 fully saturated rings. The highest BCUT2D eigenvalue weighted by atomic mass is 35.5. The average molecular weight is 661 g/mol. The van der Waals surface area contributed by atoms with Crippen molar-refractivity contribution in [2.45, 2.75) is 57.7 Å². The summed E-state index contributed by atoms with van der Waals surface area (Å²) in [5, 5.41) is 24.3. The van der Waals surface area contributed by atoms with Crippen LogP contribution in [-0.2, 0) is 0 Å². The summed E-state index contributed by atoms with van der Waals surface area (Å²) in [4.78, 5) is 7.84. The van der Waals surface area contributed by atoms with Gasteiger partial charge in [0.05, 0.1) is 19.3 Å². The Kier molecular flexibility index (Phi) is 12.5. The molecule has 1 saturated heterocycles. The molecule has 0 spiro atoms. The molecule has 4 N–H and O–H groups in total. The quantitative estimate of drug-likeness (QED) is 0.211. The smallest absolute Gasteiger partial charge is 0.166 e. The normalized spacial score (nSPS) is 18.2. The van der Waals surface area contributed by atoms with Crippen LogP contribution in [0.5, 0.6) is 11.5 Å². The van der Waals surface area contributed by atoms with E-state index < -0.39 is 24.8 Å². The van der Waals surface area contributed by atoms with Crippen LogP contribution in [0.3, 0.4) is 0 Å². The Balaban J connectivity index is 1.83. The van der Waals surface area contributed by atoms with Gasteiger partial charge >= 0.3 is 0 Å². The molecule has 0 bridgehead atoms. The van der Waals surface area contributed by atoms with Crippen LogP contribution in [0.25, 0.3) is 0 Å². The largest absolute Gasteiger partial charge is 0.497 e. The van der Waals surface area contributed by atoms with E-state index in [9.17, 15) is 10.2 Å². The number of ether oxygens (including phenoxy) is 2. The lowest BCUT2D eigenvalue weighted by Gasteiger charge is -2.48. The molecule has 0 aliphatic carbocycles. The van der Waals surface area contributed by atoms with Crippen molar-refractivity contribution in [1.29, 1.82) is 0 Å². The predicted molar refractivity (Wildman–Crippen MR) is 180 cm³/mol. The van der Waals surface area contributed by atoms with Gasteiger partial charge in [-0.05, 0) is 76.3 Å². The molecule has 246 valence electrons. The summed E-state index contributed by atoms with van der Waals surface area (Å²) < 4.78 is 11.8. The number of piperazine rings is 1. The first kappa shape index (κ1) is 35.4. The van der Waals surface area contributed by atoms with Crippen LogP contribution < -0.4 is 15.2 Å². The highest BCUT2D eigenvalue weighted by Crippen LogP contribution is 2.43. The molecule has 1 aliphatic rings. The lowest BCUT2D eigenvalue weighted by molar-refractivity contribution is -0.177. The summed E-state index contributed by atoms with van der Waals surface area (Å²) >= 11 is 12.6. The topological polar surface area (TPSA) is 97.9 Å². The van der Waals surface area contributed by atoms with Crippen molar-refractivity contribution < 1.29 is 19.7 Å². The molecule has 0 radical (unpaired) electrons. The van der Waals surface area contributed by atoms with E-state index in [-0.39, 0.29) is 12.1 Å². The fraction of sp³-hybridized carbons (Fsp3) is 0.471. The van der Waals surface area contributed by atoms with Gasteiger partial charge in [0.25, 0.3) is 0 Å². The van der Waals surface area contributed by atoms with Gasteiger partial charge in [0.2, 0.25) is 0 Å². The molecular weight excluding hydrogens is 613 g/mol. The maximum Gasteiger partial charge on any atom is 0.166 e. The predicted octanol–water partition coefficient (Wildman–Crippen LogP) is 5.32. The minimum atomic E-state index is -1.04. The van der Waals surface area contributed by atoms with Crippen LogP contribution in [0.2, 0.25) is 10.0 Å². The van der Waals surface area contributed by atoms with Crippen molar-refractivity contribution in [1.82, 2.24) is 19.6 Å². The van der Waals surface area contributed by atoms with Gasteiger partial charge < -0.3 is 25.4 Å². The fourth-order valence-corrected chi connectivity index (χ4v) is 6.15. The third kappa shape index (κ3) is 8.68. The van der Waals surface area contributed by atoms with Gasteiger partial charge in [0.15, 0.2) is 12.7 Å². The molecule has 3 aromatic carbocycles. The molecule has 5 atom stereocenters. The lowest BCUT2D eigenvalue weighted by atomic mass is 9.90. The Bertz CT molecular complexity index is 1350. The van der Waals surface area contributed by atoms with Crippen molar-refractivity contribution >= 4 is 23.2 Å². The van der Waals surface area contributed by atoms with E-state index in [4.69, 9.17) is 38.4 Å². The molecule has 45 heavy (non-hydrogen) atoms. The third-order valence-electron chi connectivity index (χ3n) is 8.34. The van der Waals surface area contributed by atoms with Crippen LogP contribution in [0.1, 0.15) is 55.6 Å². The second kappa shape index (κ2) is 15.9. The van der Waals surface area contributed by atoms with Gasteiger partial charge in [-0.2, -0.15) is 0 Å². The zero-order valence-corrected chi connectivity index (χ0v) is 28.5. The SMILES string of the molecule is COc1ccc(C(C)N(C(O)N2CCN(C(O)N(C)C)CC2)[C@@H](c2ccc(Cl)cc2)[C@H](N)c2ccc(Cl)cc2)c(OC(C)C)c1. The Morgan fingerprint density at radius 1 is 0.778 bits per heavy atom. The first-order valence-corrected chi connectivity index (χ1v) is 16.1. The molecule has 1 heterocycles. The van der Waals surface area contributed by atoms with E-state index in [1.54, 1.807) is 12.0 Å². The summed E-state index contributed by atoms with van der Waals surface area (Å²) in [5.74, 6) is 1.35. The van der Waals surface area contributed by atoms with Crippen LogP contribution in [-0.4, -0.2) is 96.0 Å². The van der Waals surface area contributed by atoms with Gasteiger partial charge in [-0.15, -0.1) is 0 Å². The Hall–Kier alpha value is -2.44. The van der Waals surface area contributed by atoms with Crippen molar-refractivity contribution in [3.8, 4) is 11.5 Å². The summed E-state index contributed by atoms with van der Waals surface area (Å²) in [7, 11) is 5.31. The number of nitrogens with two attached hydrogens (primary N) is 1. The standard InChI is InChI=1S/C34H47Cl2N5O4/c1-22(2)45-30-21-28(44-6)15-16-29(30)23(3)41(34(43)40-19-17-39(18-20-40)33(42)38(4)5)32(25-9-13-27(36)14-10-25)31(37)24-7-11-26(35)12-8-24/h7-16,21-23,31-34,42-43H,17-20,37H2,1-6H3/t23?,31-,32+,33?,34?/m1/s1. The van der Waals surface area contributed by atoms with Crippen molar-refractivity contribution in [2.75, 3.05) is 47.4 Å². The number of hydrogen-bond acceptors (Lipinski definition) is 9. The molecule has 1 aliphatic heterocycles. The number of aliphatic hydroxyl groups is 2. The second-order valence-corrected chi connectivity index (χ2v) is 12.9. The molecule has 0 saturated carbocycles. The number of nitrogens with zero attached hydrogens (tertiary/aromatic N) is 4. The number of hydrogen-bond donors (Lipinski definition) is 3. The zero-order chi connectivity index (χ0) is 32.8. The minimum Gasteiger partial charge on any atom is -0.497 e. The van der Waals surface area contributed by atoms with E-state index >= 15 is 0 Å². The number of halogens is 2. The van der Waals surface area contributed by atoms with E-state index in [0.29, 0.717) is 47.7 Å². The number of methoxy groups -OCH3 is 1. The Morgan fingerprint density at radius 3 is 1.78 bits per heavy atom. The summed E-state index contributed by atoms with van der Waals surface area (Å²) in [6.07, 6.45) is -1.82. The number of aliphatic hydroxyl groups excluding tert-OH is 2. The summed E-state index contributed by atoms with van der Waals surface area (Å²) in [6.45, 7) is 8.26. The van der Waals surface area contributed by atoms with Crippen LogP contribution in [0.4, 0.5) is 0 Å². The molecule has 9 nitrogen and oxygen atoms in total. The monoisotopic (exact) mass is 659 g/mol. The number of rotatable bonds is 13. The molecule has 4 rings (SSSR count). The van der Waals surface area contributed by atoms with Gasteiger partial charge in [-0.1, -0.05) is 53.5 Å². The first-order chi connectivity index (χ1) is 21.4. The van der Waals surface area contributed by atoms with Crippen molar-refractivity contribution in [3.63, 3.8) is 0 Å². The summed E-state index contributed by atoms with van der Waals surface area (Å²) in [6, 6.07) is 19.5. The fourth-order valence-electron chi connectivity index (χ4n) is 5.89. The van der Waals surface area contributed by atoms with E-state index in [2.05, 4.69) is 11.8 Å². The molecule has 3 aromatic rings. The lowest BCUT2D eigenvalue weighted by Crippen LogP contribution is -2.60. The zero-order valence-electron chi connectivity index (χ0n) is 27.0. The van der Waals surface area contributed by atoms with E-state index in [1.165, 1.54) is 0 Å².